The number of aliphatic carboxylic acids is 1. The number of halogens is 3. The van der Waals surface area contributed by atoms with E-state index in [1.54, 1.807) is 42.5 Å². The SMILES string of the molecule is COc1ccc(CC(=O)O)cc1-c1ccc(C(F)(F)F)cc1CCNCCC(=O)c1ccccc1. The molecule has 0 saturated heterocycles. The van der Waals surface area contributed by atoms with E-state index >= 15 is 0 Å². The molecule has 184 valence electrons. The standard InChI is InChI=1S/C27H26F3NO4/c1-35-25-10-7-18(16-26(33)34)15-23(25)22-9-8-21(27(28,29)30)17-20(22)11-13-31-14-12-24(32)19-5-3-2-4-6-19/h2-10,15,17,31H,11-14,16H2,1H3,(H,33,34). The Morgan fingerprint density at radius 3 is 2.34 bits per heavy atom. The summed E-state index contributed by atoms with van der Waals surface area (Å²) >= 11 is 0. The molecule has 3 aromatic carbocycles. The number of carbonyl (C=O) groups excluding carboxylic acids is 1. The van der Waals surface area contributed by atoms with Gasteiger partial charge in [-0.05, 0) is 53.9 Å². The van der Waals surface area contributed by atoms with Crippen molar-refractivity contribution >= 4 is 11.8 Å². The van der Waals surface area contributed by atoms with E-state index in [9.17, 15) is 22.8 Å². The smallest absolute Gasteiger partial charge is 0.416 e. The molecule has 0 aliphatic carbocycles. The molecule has 0 aliphatic rings. The number of nitrogens with one attached hydrogen (secondary N) is 1. The lowest BCUT2D eigenvalue weighted by atomic mass is 9.93. The summed E-state index contributed by atoms with van der Waals surface area (Å²) in [5, 5.41) is 12.3. The number of alkyl halides is 3. The van der Waals surface area contributed by atoms with Crippen molar-refractivity contribution < 1.29 is 32.6 Å². The van der Waals surface area contributed by atoms with Crippen LogP contribution in [0.1, 0.15) is 33.5 Å². The molecule has 0 fully saturated rings. The van der Waals surface area contributed by atoms with Crippen LogP contribution in [0.4, 0.5) is 13.2 Å². The molecule has 0 atom stereocenters. The summed E-state index contributed by atoms with van der Waals surface area (Å²) in [6.07, 6.45) is -4.18. The van der Waals surface area contributed by atoms with E-state index in [-0.39, 0.29) is 25.0 Å². The van der Waals surface area contributed by atoms with Crippen LogP contribution < -0.4 is 10.1 Å². The largest absolute Gasteiger partial charge is 0.496 e. The van der Waals surface area contributed by atoms with E-state index in [2.05, 4.69) is 5.32 Å². The van der Waals surface area contributed by atoms with Crippen molar-refractivity contribution in [3.05, 3.63) is 89.0 Å². The highest BCUT2D eigenvalue weighted by Crippen LogP contribution is 2.37. The minimum atomic E-state index is -4.50. The predicted octanol–water partition coefficient (Wildman–Crippen LogP) is 5.41. The molecule has 0 bridgehead atoms. The molecule has 0 radical (unpaired) electrons. The minimum Gasteiger partial charge on any atom is -0.496 e. The van der Waals surface area contributed by atoms with Crippen molar-refractivity contribution in [1.82, 2.24) is 5.32 Å². The highest BCUT2D eigenvalue weighted by atomic mass is 19.4. The normalized spacial score (nSPS) is 11.3. The maximum Gasteiger partial charge on any atom is 0.416 e. The van der Waals surface area contributed by atoms with Gasteiger partial charge in [0.1, 0.15) is 5.75 Å². The van der Waals surface area contributed by atoms with Gasteiger partial charge in [-0.2, -0.15) is 13.2 Å². The summed E-state index contributed by atoms with van der Waals surface area (Å²) < 4.78 is 45.6. The van der Waals surface area contributed by atoms with E-state index in [4.69, 9.17) is 9.84 Å². The van der Waals surface area contributed by atoms with Gasteiger partial charge >= 0.3 is 12.1 Å². The maximum absolute atomic E-state index is 13.4. The summed E-state index contributed by atoms with van der Waals surface area (Å²) in [6, 6.07) is 17.2. The zero-order valence-corrected chi connectivity index (χ0v) is 19.2. The Kier molecular flexibility index (Phi) is 8.65. The van der Waals surface area contributed by atoms with Crippen LogP contribution in [0.2, 0.25) is 0 Å². The number of hydrogen-bond acceptors (Lipinski definition) is 4. The van der Waals surface area contributed by atoms with Gasteiger partial charge in [0.05, 0.1) is 19.1 Å². The number of ketones is 1. The highest BCUT2D eigenvalue weighted by Gasteiger charge is 2.31. The number of methoxy groups -OCH3 is 1. The van der Waals surface area contributed by atoms with E-state index in [1.807, 2.05) is 6.07 Å². The summed E-state index contributed by atoms with van der Waals surface area (Å²) in [6.45, 7) is 0.743. The lowest BCUT2D eigenvalue weighted by molar-refractivity contribution is -0.138. The molecule has 35 heavy (non-hydrogen) atoms. The number of carboxylic acid groups (broad SMARTS) is 1. The summed E-state index contributed by atoms with van der Waals surface area (Å²) in [7, 11) is 1.45. The number of carboxylic acids is 1. The van der Waals surface area contributed by atoms with Gasteiger partial charge in [-0.3, -0.25) is 9.59 Å². The van der Waals surface area contributed by atoms with Crippen LogP contribution in [0.15, 0.2) is 66.7 Å². The van der Waals surface area contributed by atoms with Gasteiger partial charge in [0.15, 0.2) is 5.78 Å². The quantitative estimate of drug-likeness (QED) is 0.281. The van der Waals surface area contributed by atoms with Gasteiger partial charge in [-0.1, -0.05) is 42.5 Å². The Bertz CT molecular complexity index is 1180. The Hall–Kier alpha value is -3.65. The van der Waals surface area contributed by atoms with Crippen LogP contribution in [0.3, 0.4) is 0 Å². The zero-order valence-electron chi connectivity index (χ0n) is 19.2. The average molecular weight is 486 g/mol. The highest BCUT2D eigenvalue weighted by molar-refractivity contribution is 5.96. The molecule has 0 heterocycles. The van der Waals surface area contributed by atoms with E-state index in [0.717, 1.165) is 12.1 Å². The van der Waals surface area contributed by atoms with Crippen molar-refractivity contribution in [3.63, 3.8) is 0 Å². The number of carbonyl (C=O) groups is 2. The molecule has 0 spiro atoms. The van der Waals surface area contributed by atoms with Crippen LogP contribution in [0, 0.1) is 0 Å². The molecule has 3 aromatic rings. The van der Waals surface area contributed by atoms with E-state index in [0.29, 0.717) is 46.7 Å². The third-order valence-electron chi connectivity index (χ3n) is 5.54. The summed E-state index contributed by atoms with van der Waals surface area (Å²) in [5.41, 5.74) is 1.85. The average Bonchev–Trinajstić information content (AvgIpc) is 2.83. The molecule has 5 nitrogen and oxygen atoms in total. The fourth-order valence-corrected chi connectivity index (χ4v) is 3.81. The molecule has 0 aromatic heterocycles. The van der Waals surface area contributed by atoms with Crippen LogP contribution in [0.5, 0.6) is 5.75 Å². The Morgan fingerprint density at radius 1 is 0.943 bits per heavy atom. The second-order valence-electron chi connectivity index (χ2n) is 8.01. The third-order valence-corrected chi connectivity index (χ3v) is 5.54. The Morgan fingerprint density at radius 2 is 1.69 bits per heavy atom. The lowest BCUT2D eigenvalue weighted by Gasteiger charge is -2.17. The first-order valence-corrected chi connectivity index (χ1v) is 11.1. The number of hydrogen-bond donors (Lipinski definition) is 2. The first-order valence-electron chi connectivity index (χ1n) is 11.1. The van der Waals surface area contributed by atoms with Crippen molar-refractivity contribution in [2.75, 3.05) is 20.2 Å². The van der Waals surface area contributed by atoms with Crippen LogP contribution >= 0.6 is 0 Å². The first-order chi connectivity index (χ1) is 16.7. The number of benzene rings is 3. The molecule has 2 N–H and O–H groups in total. The van der Waals surface area contributed by atoms with Gasteiger partial charge < -0.3 is 15.2 Å². The molecule has 8 heteroatoms. The van der Waals surface area contributed by atoms with Crippen molar-refractivity contribution in [2.24, 2.45) is 0 Å². The van der Waals surface area contributed by atoms with Gasteiger partial charge in [-0.25, -0.2) is 0 Å². The number of Topliss-reactive ketones (excluding diaryl/α,β-unsaturated/α-hetero) is 1. The number of ether oxygens (including phenoxy) is 1. The van der Waals surface area contributed by atoms with Gasteiger partial charge in [0.25, 0.3) is 0 Å². The van der Waals surface area contributed by atoms with E-state index < -0.39 is 17.7 Å². The second kappa shape index (κ2) is 11.7. The zero-order chi connectivity index (χ0) is 25.4. The Balaban J connectivity index is 1.80. The van der Waals surface area contributed by atoms with Crippen molar-refractivity contribution in [3.8, 4) is 16.9 Å². The molecule has 0 unspecified atom stereocenters. The molecule has 0 saturated carbocycles. The molecular formula is C27H26F3NO4. The first kappa shape index (κ1) is 26.0. The van der Waals surface area contributed by atoms with Gasteiger partial charge in [0, 0.05) is 24.1 Å². The molecule has 0 amide bonds. The van der Waals surface area contributed by atoms with Crippen molar-refractivity contribution in [1.29, 1.82) is 0 Å². The lowest BCUT2D eigenvalue weighted by Crippen LogP contribution is -2.21. The predicted molar refractivity (Wildman–Crippen MR) is 127 cm³/mol. The van der Waals surface area contributed by atoms with Crippen LogP contribution in [-0.2, 0) is 23.8 Å². The molecular weight excluding hydrogens is 459 g/mol. The van der Waals surface area contributed by atoms with Gasteiger partial charge in [-0.15, -0.1) is 0 Å². The fraction of sp³-hybridized carbons (Fsp3) is 0.259. The van der Waals surface area contributed by atoms with E-state index in [1.165, 1.54) is 13.2 Å². The third kappa shape index (κ3) is 7.16. The maximum atomic E-state index is 13.4. The van der Waals surface area contributed by atoms with Crippen LogP contribution in [0.25, 0.3) is 11.1 Å². The second-order valence-corrected chi connectivity index (χ2v) is 8.01. The van der Waals surface area contributed by atoms with Crippen molar-refractivity contribution in [2.45, 2.75) is 25.4 Å². The van der Waals surface area contributed by atoms with Gasteiger partial charge in [0.2, 0.25) is 0 Å². The molecule has 3 rings (SSSR count). The topological polar surface area (TPSA) is 75.6 Å². The fourth-order valence-electron chi connectivity index (χ4n) is 3.81. The molecule has 0 aliphatic heterocycles. The minimum absolute atomic E-state index is 0.0159. The van der Waals surface area contributed by atoms with Crippen LogP contribution in [-0.4, -0.2) is 37.1 Å². The monoisotopic (exact) mass is 485 g/mol. The summed E-state index contributed by atoms with van der Waals surface area (Å²) in [4.78, 5) is 23.4. The Labute approximate surface area is 201 Å². The summed E-state index contributed by atoms with van der Waals surface area (Å²) in [5.74, 6) is -0.595. The number of rotatable bonds is 11.